The first-order valence-corrected chi connectivity index (χ1v) is 10.1. The molecule has 1 amide bonds. The van der Waals surface area contributed by atoms with Crippen LogP contribution in [0.1, 0.15) is 32.6 Å². The second-order valence-electron chi connectivity index (χ2n) is 5.49. The minimum absolute atomic E-state index is 0.0496. The number of hydrogen-bond donors (Lipinski definition) is 1. The van der Waals surface area contributed by atoms with Crippen LogP contribution in [-0.4, -0.2) is 47.8 Å². The molecule has 1 N–H and O–H groups in total. The zero-order valence-electron chi connectivity index (χ0n) is 12.7. The van der Waals surface area contributed by atoms with Crippen LogP contribution in [0.25, 0.3) is 0 Å². The van der Waals surface area contributed by atoms with Crippen molar-refractivity contribution in [1.29, 1.82) is 0 Å². The van der Waals surface area contributed by atoms with Gasteiger partial charge >= 0.3 is 0 Å². The predicted molar refractivity (Wildman–Crippen MR) is 83.4 cm³/mol. The van der Waals surface area contributed by atoms with E-state index >= 15 is 0 Å². The summed E-state index contributed by atoms with van der Waals surface area (Å²) in [4.78, 5) is 11.8. The number of sulfone groups is 1. The van der Waals surface area contributed by atoms with Crippen molar-refractivity contribution >= 4 is 27.5 Å². The lowest BCUT2D eigenvalue weighted by Crippen LogP contribution is -2.31. The van der Waals surface area contributed by atoms with Gasteiger partial charge in [0.25, 0.3) is 5.22 Å². The van der Waals surface area contributed by atoms with Crippen LogP contribution in [-0.2, 0) is 21.1 Å². The highest BCUT2D eigenvalue weighted by molar-refractivity contribution is 8.00. The molecule has 22 heavy (non-hydrogen) atoms. The standard InChI is InChI=1S/C13H21N3O4S2/c1-3-5-14-12(17)9(2)21-13-16-15-11(20-13)7-10-4-6-22(18,19)8-10/h9-10H,3-8H2,1-2H3,(H,14,17)/t9-,10+/m1/s1. The van der Waals surface area contributed by atoms with Crippen LogP contribution in [0.4, 0.5) is 0 Å². The van der Waals surface area contributed by atoms with Crippen LogP contribution in [0.15, 0.2) is 9.64 Å². The third-order valence-electron chi connectivity index (χ3n) is 3.43. The molecule has 1 aromatic rings. The van der Waals surface area contributed by atoms with Crippen molar-refractivity contribution in [1.82, 2.24) is 15.5 Å². The molecule has 0 unspecified atom stereocenters. The quantitative estimate of drug-likeness (QED) is 0.736. The van der Waals surface area contributed by atoms with E-state index in [0.29, 0.717) is 30.5 Å². The normalized spacial score (nSPS) is 21.6. The molecule has 2 rings (SSSR count). The zero-order chi connectivity index (χ0) is 16.2. The van der Waals surface area contributed by atoms with Gasteiger partial charge < -0.3 is 9.73 Å². The van der Waals surface area contributed by atoms with Crippen molar-refractivity contribution in [3.05, 3.63) is 5.89 Å². The SMILES string of the molecule is CCCNC(=O)[C@@H](C)Sc1nnc(C[C@@H]2CCS(=O)(=O)C2)o1. The molecule has 2 heterocycles. The number of aromatic nitrogens is 2. The Bertz CT molecular complexity index is 615. The maximum absolute atomic E-state index is 11.8. The molecule has 1 fully saturated rings. The largest absolute Gasteiger partial charge is 0.416 e. The highest BCUT2D eigenvalue weighted by Gasteiger charge is 2.29. The molecule has 1 aromatic heterocycles. The van der Waals surface area contributed by atoms with Gasteiger partial charge in [-0.2, -0.15) is 0 Å². The summed E-state index contributed by atoms with van der Waals surface area (Å²) < 4.78 is 28.4. The first kappa shape index (κ1) is 17.3. The number of nitrogens with one attached hydrogen (secondary N) is 1. The van der Waals surface area contributed by atoms with E-state index in [4.69, 9.17) is 4.42 Å². The Morgan fingerprint density at radius 3 is 2.91 bits per heavy atom. The zero-order valence-corrected chi connectivity index (χ0v) is 14.4. The summed E-state index contributed by atoms with van der Waals surface area (Å²) in [5, 5.41) is 10.7. The number of hydrogen-bond acceptors (Lipinski definition) is 7. The summed E-state index contributed by atoms with van der Waals surface area (Å²) in [6.07, 6.45) is 2.00. The van der Waals surface area contributed by atoms with Crippen molar-refractivity contribution in [2.45, 2.75) is 43.6 Å². The van der Waals surface area contributed by atoms with Crippen LogP contribution >= 0.6 is 11.8 Å². The first-order valence-electron chi connectivity index (χ1n) is 7.37. The van der Waals surface area contributed by atoms with Gasteiger partial charge in [-0.15, -0.1) is 10.2 Å². The summed E-state index contributed by atoms with van der Waals surface area (Å²) in [5.41, 5.74) is 0. The van der Waals surface area contributed by atoms with Gasteiger partial charge in [-0.1, -0.05) is 18.7 Å². The Kier molecular flexibility index (Phi) is 5.85. The highest BCUT2D eigenvalue weighted by Crippen LogP contribution is 2.25. The molecule has 1 aliphatic heterocycles. The van der Waals surface area contributed by atoms with Gasteiger partial charge in [0.2, 0.25) is 11.8 Å². The third kappa shape index (κ3) is 4.98. The van der Waals surface area contributed by atoms with Gasteiger partial charge in [-0.3, -0.25) is 4.79 Å². The van der Waals surface area contributed by atoms with Gasteiger partial charge in [-0.05, 0) is 25.7 Å². The van der Waals surface area contributed by atoms with Crippen molar-refractivity contribution < 1.29 is 17.6 Å². The molecular weight excluding hydrogens is 326 g/mol. The Labute approximate surface area is 134 Å². The minimum Gasteiger partial charge on any atom is -0.416 e. The van der Waals surface area contributed by atoms with Crippen molar-refractivity contribution in [3.8, 4) is 0 Å². The number of carbonyl (C=O) groups is 1. The number of rotatable bonds is 7. The highest BCUT2D eigenvalue weighted by atomic mass is 32.2. The van der Waals surface area contributed by atoms with Crippen molar-refractivity contribution in [2.24, 2.45) is 5.92 Å². The predicted octanol–water partition coefficient (Wildman–Crippen LogP) is 1.05. The van der Waals surface area contributed by atoms with Crippen LogP contribution in [0.2, 0.25) is 0 Å². The van der Waals surface area contributed by atoms with Crippen molar-refractivity contribution in [3.63, 3.8) is 0 Å². The van der Waals surface area contributed by atoms with Gasteiger partial charge in [-0.25, -0.2) is 8.42 Å². The maximum atomic E-state index is 11.8. The van der Waals surface area contributed by atoms with Gasteiger partial charge in [0, 0.05) is 13.0 Å². The second-order valence-corrected chi connectivity index (χ2v) is 9.01. The number of nitrogens with zero attached hydrogens (tertiary/aromatic N) is 2. The minimum atomic E-state index is -2.90. The molecule has 2 atom stereocenters. The maximum Gasteiger partial charge on any atom is 0.277 e. The molecule has 124 valence electrons. The second kappa shape index (κ2) is 7.45. The van der Waals surface area contributed by atoms with Gasteiger partial charge in [0.05, 0.1) is 16.8 Å². The van der Waals surface area contributed by atoms with E-state index in [1.807, 2.05) is 6.92 Å². The van der Waals surface area contributed by atoms with E-state index in [2.05, 4.69) is 15.5 Å². The van der Waals surface area contributed by atoms with E-state index in [9.17, 15) is 13.2 Å². The van der Waals surface area contributed by atoms with E-state index in [-0.39, 0.29) is 28.6 Å². The Balaban J connectivity index is 1.85. The molecule has 0 aromatic carbocycles. The first-order chi connectivity index (χ1) is 10.4. The average molecular weight is 347 g/mol. The monoisotopic (exact) mass is 347 g/mol. The molecular formula is C13H21N3O4S2. The molecule has 0 radical (unpaired) electrons. The summed E-state index contributed by atoms with van der Waals surface area (Å²) in [6.45, 7) is 4.42. The molecule has 0 saturated carbocycles. The Morgan fingerprint density at radius 1 is 1.50 bits per heavy atom. The summed E-state index contributed by atoms with van der Waals surface area (Å²) in [7, 11) is -2.90. The molecule has 0 bridgehead atoms. The lowest BCUT2D eigenvalue weighted by Gasteiger charge is -2.08. The van der Waals surface area contributed by atoms with Crippen LogP contribution in [0, 0.1) is 5.92 Å². The summed E-state index contributed by atoms with van der Waals surface area (Å²) in [6, 6.07) is 0. The fourth-order valence-corrected chi connectivity index (χ4v) is 4.83. The topological polar surface area (TPSA) is 102 Å². The molecule has 1 saturated heterocycles. The molecule has 1 aliphatic rings. The third-order valence-corrected chi connectivity index (χ3v) is 6.21. The van der Waals surface area contributed by atoms with Crippen molar-refractivity contribution in [2.75, 3.05) is 18.1 Å². The Hall–Kier alpha value is -1.09. The van der Waals surface area contributed by atoms with E-state index in [1.54, 1.807) is 6.92 Å². The lowest BCUT2D eigenvalue weighted by molar-refractivity contribution is -0.120. The van der Waals surface area contributed by atoms with E-state index < -0.39 is 9.84 Å². The average Bonchev–Trinajstić information content (AvgIpc) is 3.02. The summed E-state index contributed by atoms with van der Waals surface area (Å²) >= 11 is 1.21. The molecule has 0 aliphatic carbocycles. The lowest BCUT2D eigenvalue weighted by atomic mass is 10.1. The number of carbonyl (C=O) groups excluding carboxylic acids is 1. The summed E-state index contributed by atoms with van der Waals surface area (Å²) in [5.74, 6) is 0.850. The van der Waals surface area contributed by atoms with Crippen LogP contribution in [0.3, 0.4) is 0 Å². The number of amides is 1. The van der Waals surface area contributed by atoms with Gasteiger partial charge in [0.15, 0.2) is 9.84 Å². The van der Waals surface area contributed by atoms with E-state index in [0.717, 1.165) is 6.42 Å². The fraction of sp³-hybridized carbons (Fsp3) is 0.769. The number of thioether (sulfide) groups is 1. The van der Waals surface area contributed by atoms with Crippen LogP contribution < -0.4 is 5.32 Å². The Morgan fingerprint density at radius 2 is 2.27 bits per heavy atom. The van der Waals surface area contributed by atoms with E-state index in [1.165, 1.54) is 11.8 Å². The molecule has 7 nitrogen and oxygen atoms in total. The fourth-order valence-electron chi connectivity index (χ4n) is 2.24. The molecule has 9 heteroatoms. The molecule has 0 spiro atoms. The van der Waals surface area contributed by atoms with Crippen LogP contribution in [0.5, 0.6) is 0 Å². The van der Waals surface area contributed by atoms with Gasteiger partial charge in [0.1, 0.15) is 0 Å². The smallest absolute Gasteiger partial charge is 0.277 e.